The summed E-state index contributed by atoms with van der Waals surface area (Å²) in [6.45, 7) is 4.75. The molecule has 0 aliphatic carbocycles. The van der Waals surface area contributed by atoms with Gasteiger partial charge in [-0.15, -0.1) is 0 Å². The van der Waals surface area contributed by atoms with Gasteiger partial charge in [0, 0.05) is 32.0 Å². The molecule has 0 fully saturated rings. The molecule has 96 valence electrons. The smallest absolute Gasteiger partial charge is 0.105 e. The molecule has 1 heterocycles. The lowest BCUT2D eigenvalue weighted by Crippen LogP contribution is -2.19. The Morgan fingerprint density at radius 2 is 2.17 bits per heavy atom. The summed E-state index contributed by atoms with van der Waals surface area (Å²) in [5.41, 5.74) is 2.16. The zero-order valence-corrected chi connectivity index (χ0v) is 10.6. The Bertz CT molecular complexity index is 493. The molecule has 4 nitrogen and oxygen atoms in total. The van der Waals surface area contributed by atoms with Gasteiger partial charge < -0.3 is 15.0 Å². The fourth-order valence-corrected chi connectivity index (χ4v) is 1.91. The molecule has 1 aromatic carbocycles. The van der Waals surface area contributed by atoms with Gasteiger partial charge in [-0.2, -0.15) is 0 Å². The molecule has 0 amide bonds. The molecule has 0 unspecified atom stereocenters. The molecule has 2 aromatic rings. The number of aliphatic hydroxyl groups excluding tert-OH is 1. The number of rotatable bonds is 6. The second-order valence-corrected chi connectivity index (χ2v) is 4.32. The molecule has 1 aromatic heterocycles. The van der Waals surface area contributed by atoms with Crippen molar-refractivity contribution in [2.24, 2.45) is 0 Å². The minimum absolute atomic E-state index is 0.0993. The van der Waals surface area contributed by atoms with Crippen molar-refractivity contribution in [3.05, 3.63) is 53.6 Å². The van der Waals surface area contributed by atoms with Gasteiger partial charge in [-0.05, 0) is 18.1 Å². The second-order valence-electron chi connectivity index (χ2n) is 4.32. The number of aromatic nitrogens is 2. The van der Waals surface area contributed by atoms with Crippen molar-refractivity contribution < 1.29 is 5.11 Å². The summed E-state index contributed by atoms with van der Waals surface area (Å²) in [5, 5.41) is 12.4. The highest BCUT2D eigenvalue weighted by molar-refractivity contribution is 5.22. The van der Waals surface area contributed by atoms with Crippen LogP contribution in [0.2, 0.25) is 0 Å². The van der Waals surface area contributed by atoms with E-state index < -0.39 is 0 Å². The fourth-order valence-electron chi connectivity index (χ4n) is 1.91. The van der Waals surface area contributed by atoms with Gasteiger partial charge in [0.1, 0.15) is 5.82 Å². The normalized spacial score (nSPS) is 10.8. The van der Waals surface area contributed by atoms with Crippen LogP contribution in [-0.4, -0.2) is 21.2 Å². The Labute approximate surface area is 107 Å². The largest absolute Gasteiger partial charge is 0.392 e. The average Bonchev–Trinajstić information content (AvgIpc) is 2.81. The van der Waals surface area contributed by atoms with Gasteiger partial charge in [0.25, 0.3) is 0 Å². The Balaban J connectivity index is 1.76. The molecular weight excluding hydrogens is 226 g/mol. The van der Waals surface area contributed by atoms with Crippen LogP contribution in [0.25, 0.3) is 0 Å². The number of nitrogens with zero attached hydrogens (tertiary/aromatic N) is 2. The van der Waals surface area contributed by atoms with Gasteiger partial charge >= 0.3 is 0 Å². The molecule has 2 rings (SSSR count). The van der Waals surface area contributed by atoms with E-state index in [1.165, 1.54) is 5.56 Å². The Hall–Kier alpha value is -1.65. The van der Waals surface area contributed by atoms with E-state index in [9.17, 15) is 0 Å². The molecule has 0 saturated carbocycles. The third-order valence-electron chi connectivity index (χ3n) is 2.96. The van der Waals surface area contributed by atoms with E-state index in [4.69, 9.17) is 5.11 Å². The zero-order chi connectivity index (χ0) is 12.8. The molecule has 2 N–H and O–H groups in total. The van der Waals surface area contributed by atoms with Gasteiger partial charge in [0.2, 0.25) is 0 Å². The molecule has 0 radical (unpaired) electrons. The first-order valence-corrected chi connectivity index (χ1v) is 6.16. The number of nitrogens with one attached hydrogen (secondary N) is 1. The average molecular weight is 245 g/mol. The maximum Gasteiger partial charge on any atom is 0.105 e. The van der Waals surface area contributed by atoms with Crippen molar-refractivity contribution in [3.8, 4) is 0 Å². The molecule has 0 atom stereocenters. The van der Waals surface area contributed by atoms with Crippen LogP contribution in [0.4, 0.5) is 0 Å². The van der Waals surface area contributed by atoms with Gasteiger partial charge in [0.05, 0.1) is 6.61 Å². The van der Waals surface area contributed by atoms with Crippen molar-refractivity contribution in [1.82, 2.24) is 14.9 Å². The first-order valence-electron chi connectivity index (χ1n) is 6.16. The second kappa shape index (κ2) is 6.33. The van der Waals surface area contributed by atoms with E-state index in [0.29, 0.717) is 0 Å². The van der Waals surface area contributed by atoms with E-state index in [1.54, 1.807) is 0 Å². The lowest BCUT2D eigenvalue weighted by Gasteiger charge is -2.08. The van der Waals surface area contributed by atoms with Gasteiger partial charge in [-0.3, -0.25) is 0 Å². The van der Waals surface area contributed by atoms with E-state index >= 15 is 0 Å². The van der Waals surface area contributed by atoms with Crippen LogP contribution in [-0.2, 0) is 19.7 Å². The van der Waals surface area contributed by atoms with Crippen LogP contribution in [0.3, 0.4) is 0 Å². The number of hydrogen-bond acceptors (Lipinski definition) is 3. The van der Waals surface area contributed by atoms with Gasteiger partial charge in [0.15, 0.2) is 0 Å². The molecule has 0 spiro atoms. The van der Waals surface area contributed by atoms with Gasteiger partial charge in [-0.25, -0.2) is 4.98 Å². The first-order chi connectivity index (χ1) is 8.79. The summed E-state index contributed by atoms with van der Waals surface area (Å²) >= 11 is 0. The SMILES string of the molecule is Cc1nccn1CCNCc1cccc(CO)c1. The number of hydrogen-bond donors (Lipinski definition) is 2. The third-order valence-corrected chi connectivity index (χ3v) is 2.96. The van der Waals surface area contributed by atoms with E-state index in [-0.39, 0.29) is 6.61 Å². The molecule has 0 aliphatic rings. The zero-order valence-electron chi connectivity index (χ0n) is 10.6. The van der Waals surface area contributed by atoms with Crippen LogP contribution < -0.4 is 5.32 Å². The number of benzene rings is 1. The lowest BCUT2D eigenvalue weighted by atomic mass is 10.1. The van der Waals surface area contributed by atoms with Crippen LogP contribution in [0.1, 0.15) is 17.0 Å². The predicted molar refractivity (Wildman–Crippen MR) is 71.0 cm³/mol. The molecule has 0 aliphatic heterocycles. The standard InChI is InChI=1S/C14H19N3O/c1-12-16-6-8-17(12)7-5-15-10-13-3-2-4-14(9-13)11-18/h2-4,6,8-9,15,18H,5,7,10-11H2,1H3. The van der Waals surface area contributed by atoms with Crippen LogP contribution in [0, 0.1) is 6.92 Å². The summed E-state index contributed by atoms with van der Waals surface area (Å²) < 4.78 is 2.12. The van der Waals surface area contributed by atoms with Crippen molar-refractivity contribution in [2.45, 2.75) is 26.6 Å². The minimum atomic E-state index is 0.0993. The third kappa shape index (κ3) is 3.42. The van der Waals surface area contributed by atoms with Gasteiger partial charge in [-0.1, -0.05) is 24.3 Å². The maximum absolute atomic E-state index is 9.06. The summed E-state index contributed by atoms with van der Waals surface area (Å²) in [7, 11) is 0. The maximum atomic E-state index is 9.06. The number of aryl methyl sites for hydroxylation is 1. The van der Waals surface area contributed by atoms with Crippen molar-refractivity contribution in [1.29, 1.82) is 0 Å². The summed E-state index contributed by atoms with van der Waals surface area (Å²) in [6.07, 6.45) is 3.81. The Kier molecular flexibility index (Phi) is 4.50. The number of imidazole rings is 1. The summed E-state index contributed by atoms with van der Waals surface area (Å²) in [4.78, 5) is 4.18. The monoisotopic (exact) mass is 245 g/mol. The molecular formula is C14H19N3O. The van der Waals surface area contributed by atoms with Crippen molar-refractivity contribution >= 4 is 0 Å². The predicted octanol–water partition coefficient (Wildman–Crippen LogP) is 1.47. The van der Waals surface area contributed by atoms with E-state index in [0.717, 1.165) is 31.0 Å². The van der Waals surface area contributed by atoms with Crippen molar-refractivity contribution in [3.63, 3.8) is 0 Å². The first kappa shape index (κ1) is 12.8. The summed E-state index contributed by atoms with van der Waals surface area (Å²) in [6, 6.07) is 7.99. The Morgan fingerprint density at radius 1 is 1.33 bits per heavy atom. The minimum Gasteiger partial charge on any atom is -0.392 e. The molecule has 0 saturated heterocycles. The highest BCUT2D eigenvalue weighted by atomic mass is 16.3. The van der Waals surface area contributed by atoms with Crippen LogP contribution in [0.5, 0.6) is 0 Å². The highest BCUT2D eigenvalue weighted by Crippen LogP contribution is 2.04. The lowest BCUT2D eigenvalue weighted by molar-refractivity contribution is 0.281. The van der Waals surface area contributed by atoms with E-state index in [1.807, 2.05) is 37.5 Å². The highest BCUT2D eigenvalue weighted by Gasteiger charge is 1.97. The fraction of sp³-hybridized carbons (Fsp3) is 0.357. The van der Waals surface area contributed by atoms with Crippen molar-refractivity contribution in [2.75, 3.05) is 6.54 Å². The van der Waals surface area contributed by atoms with Crippen LogP contribution in [0.15, 0.2) is 36.7 Å². The topological polar surface area (TPSA) is 50.1 Å². The molecule has 4 heteroatoms. The van der Waals surface area contributed by atoms with Crippen LogP contribution >= 0.6 is 0 Å². The molecule has 0 bridgehead atoms. The Morgan fingerprint density at radius 3 is 2.89 bits per heavy atom. The quantitative estimate of drug-likeness (QED) is 0.758. The van der Waals surface area contributed by atoms with E-state index in [2.05, 4.69) is 20.9 Å². The summed E-state index contributed by atoms with van der Waals surface area (Å²) in [5.74, 6) is 1.04. The molecule has 18 heavy (non-hydrogen) atoms. The number of aliphatic hydroxyl groups is 1.